The summed E-state index contributed by atoms with van der Waals surface area (Å²) in [7, 11) is 0. The van der Waals surface area contributed by atoms with Gasteiger partial charge in [-0.15, -0.1) is 0 Å². The van der Waals surface area contributed by atoms with Gasteiger partial charge in [-0.3, -0.25) is 0 Å². The van der Waals surface area contributed by atoms with Gasteiger partial charge in [0.2, 0.25) is 0 Å². The number of anilines is 2. The topological polar surface area (TPSA) is 41.1 Å². The first kappa shape index (κ1) is 21.7. The number of allylic oxidation sites excluding steroid dienone is 1. The molecule has 0 amide bonds. The van der Waals surface area contributed by atoms with E-state index in [9.17, 15) is 0 Å². The Morgan fingerprint density at radius 1 is 0.744 bits per heavy atom. The molecule has 39 heavy (non-hydrogen) atoms. The summed E-state index contributed by atoms with van der Waals surface area (Å²) in [5.74, 6) is 0.911. The van der Waals surface area contributed by atoms with Gasteiger partial charge < -0.3 is 10.2 Å². The van der Waals surface area contributed by atoms with Gasteiger partial charge in [-0.25, -0.2) is 9.97 Å². The predicted molar refractivity (Wildman–Crippen MR) is 159 cm³/mol. The summed E-state index contributed by atoms with van der Waals surface area (Å²) < 4.78 is 0. The minimum atomic E-state index is -0.152. The highest BCUT2D eigenvalue weighted by atomic mass is 15.4. The number of hydrogen-bond donors (Lipinski definition) is 1. The molecule has 0 saturated heterocycles. The Balaban J connectivity index is 1.35. The van der Waals surface area contributed by atoms with Crippen LogP contribution in [0.4, 0.5) is 11.4 Å². The SMILES string of the molecule is c1ccc(C2C3=C(c4ccccc4CC3)N3c4cc5nc6ccccc6nc5cc4NC34CCCCC24)cc1. The molecule has 9 rings (SSSR count). The molecule has 3 atom stereocenters. The summed E-state index contributed by atoms with van der Waals surface area (Å²) in [4.78, 5) is 12.8. The van der Waals surface area contributed by atoms with Crippen LogP contribution in [0.3, 0.4) is 0 Å². The summed E-state index contributed by atoms with van der Waals surface area (Å²) in [6, 6.07) is 33.2. The van der Waals surface area contributed by atoms with Crippen LogP contribution in [-0.2, 0) is 6.42 Å². The average molecular weight is 507 g/mol. The fourth-order valence-corrected chi connectivity index (χ4v) is 8.26. The van der Waals surface area contributed by atoms with Crippen LogP contribution in [0.5, 0.6) is 0 Å². The molecule has 3 heterocycles. The lowest BCUT2D eigenvalue weighted by atomic mass is 9.62. The average Bonchev–Trinajstić information content (AvgIpc) is 3.30. The van der Waals surface area contributed by atoms with Crippen LogP contribution < -0.4 is 10.2 Å². The largest absolute Gasteiger partial charge is 0.360 e. The molecule has 0 radical (unpaired) electrons. The van der Waals surface area contributed by atoms with Gasteiger partial charge in [0.25, 0.3) is 0 Å². The molecule has 1 fully saturated rings. The predicted octanol–water partition coefficient (Wildman–Crippen LogP) is 8.06. The van der Waals surface area contributed by atoms with Crippen LogP contribution in [0.25, 0.3) is 27.8 Å². The van der Waals surface area contributed by atoms with Crippen LogP contribution in [-0.4, -0.2) is 15.6 Å². The van der Waals surface area contributed by atoms with Crippen molar-refractivity contribution in [1.29, 1.82) is 0 Å². The number of benzene rings is 4. The van der Waals surface area contributed by atoms with E-state index in [1.165, 1.54) is 53.0 Å². The summed E-state index contributed by atoms with van der Waals surface area (Å²) in [6.45, 7) is 0. The molecular weight excluding hydrogens is 476 g/mol. The number of aryl methyl sites for hydroxylation is 1. The molecule has 4 aliphatic rings. The van der Waals surface area contributed by atoms with Crippen molar-refractivity contribution >= 4 is 39.1 Å². The second-order valence-corrected chi connectivity index (χ2v) is 11.7. The lowest BCUT2D eigenvalue weighted by Gasteiger charge is -2.57. The summed E-state index contributed by atoms with van der Waals surface area (Å²) >= 11 is 0. The van der Waals surface area contributed by atoms with Crippen molar-refractivity contribution < 1.29 is 0 Å². The highest BCUT2D eigenvalue weighted by Crippen LogP contribution is 2.63. The Hall–Kier alpha value is -4.18. The van der Waals surface area contributed by atoms with Gasteiger partial charge in [-0.1, -0.05) is 73.2 Å². The number of aromatic nitrogens is 2. The summed E-state index contributed by atoms with van der Waals surface area (Å²) in [5.41, 5.74) is 13.5. The maximum atomic E-state index is 5.07. The first-order chi connectivity index (χ1) is 19.3. The molecule has 190 valence electrons. The fraction of sp³-hybridized carbons (Fsp3) is 0.257. The zero-order valence-electron chi connectivity index (χ0n) is 21.9. The minimum Gasteiger partial charge on any atom is -0.360 e. The van der Waals surface area contributed by atoms with Crippen molar-refractivity contribution in [3.05, 3.63) is 113 Å². The maximum absolute atomic E-state index is 5.07. The fourth-order valence-electron chi connectivity index (χ4n) is 8.26. The van der Waals surface area contributed by atoms with Crippen molar-refractivity contribution in [3.8, 4) is 0 Å². The molecule has 4 nitrogen and oxygen atoms in total. The van der Waals surface area contributed by atoms with Crippen molar-refractivity contribution in [2.45, 2.75) is 50.1 Å². The smallest absolute Gasteiger partial charge is 0.119 e. The van der Waals surface area contributed by atoms with Crippen molar-refractivity contribution in [2.24, 2.45) is 5.92 Å². The zero-order chi connectivity index (χ0) is 25.6. The van der Waals surface area contributed by atoms with Gasteiger partial charge in [0.05, 0.1) is 39.1 Å². The van der Waals surface area contributed by atoms with Crippen molar-refractivity contribution in [1.82, 2.24) is 9.97 Å². The Morgan fingerprint density at radius 3 is 2.33 bits per heavy atom. The van der Waals surface area contributed by atoms with E-state index in [2.05, 4.69) is 89.1 Å². The summed E-state index contributed by atoms with van der Waals surface area (Å²) in [5, 5.41) is 4.18. The monoisotopic (exact) mass is 506 g/mol. The zero-order valence-corrected chi connectivity index (χ0v) is 21.9. The Labute approximate surface area is 228 Å². The minimum absolute atomic E-state index is 0.152. The second-order valence-electron chi connectivity index (χ2n) is 11.7. The number of para-hydroxylation sites is 2. The van der Waals surface area contributed by atoms with E-state index in [0.717, 1.165) is 41.3 Å². The van der Waals surface area contributed by atoms with E-state index in [1.807, 2.05) is 12.1 Å². The molecule has 1 N–H and O–H groups in total. The number of hydrogen-bond acceptors (Lipinski definition) is 4. The van der Waals surface area contributed by atoms with Gasteiger partial charge in [0.15, 0.2) is 0 Å². The molecule has 5 aromatic rings. The standard InChI is InChI=1S/C35H30N4/c1-2-11-23(12-3-1)33-25-18-17-22-10-4-5-13-24(22)34(25)39-32-21-30-29(36-27-15-6-7-16-28(27)37-30)20-31(32)38-35(39)19-9-8-14-26(33)35/h1-7,10-13,15-16,20-21,26,33,38H,8-9,14,17-19H2. The van der Waals surface area contributed by atoms with Crippen molar-refractivity contribution in [2.75, 3.05) is 10.2 Å². The lowest BCUT2D eigenvalue weighted by molar-refractivity contribution is 0.189. The van der Waals surface area contributed by atoms with E-state index >= 15 is 0 Å². The van der Waals surface area contributed by atoms with Gasteiger partial charge >= 0.3 is 0 Å². The van der Waals surface area contributed by atoms with Gasteiger partial charge in [0.1, 0.15) is 5.66 Å². The summed E-state index contributed by atoms with van der Waals surface area (Å²) in [6.07, 6.45) is 7.11. The van der Waals surface area contributed by atoms with Crippen LogP contribution in [0.15, 0.2) is 96.6 Å². The Kier molecular flexibility index (Phi) is 4.41. The van der Waals surface area contributed by atoms with Crippen LogP contribution >= 0.6 is 0 Å². The lowest BCUT2D eigenvalue weighted by Crippen LogP contribution is -2.61. The third-order valence-electron chi connectivity index (χ3n) is 9.78. The highest BCUT2D eigenvalue weighted by molar-refractivity contribution is 6.01. The van der Waals surface area contributed by atoms with E-state index in [4.69, 9.17) is 9.97 Å². The molecule has 2 aliphatic heterocycles. The van der Waals surface area contributed by atoms with Crippen LogP contribution in [0.1, 0.15) is 54.7 Å². The van der Waals surface area contributed by atoms with Crippen LogP contribution in [0, 0.1) is 5.92 Å². The maximum Gasteiger partial charge on any atom is 0.119 e. The second kappa shape index (κ2) is 7.92. The van der Waals surface area contributed by atoms with E-state index in [0.29, 0.717) is 11.8 Å². The first-order valence-corrected chi connectivity index (χ1v) is 14.5. The van der Waals surface area contributed by atoms with Gasteiger partial charge in [-0.2, -0.15) is 0 Å². The van der Waals surface area contributed by atoms with Crippen molar-refractivity contribution in [3.63, 3.8) is 0 Å². The number of fused-ring (bicyclic) bond motifs is 7. The van der Waals surface area contributed by atoms with E-state index < -0.39 is 0 Å². The third-order valence-corrected chi connectivity index (χ3v) is 9.78. The molecule has 4 heteroatoms. The third kappa shape index (κ3) is 2.95. The van der Waals surface area contributed by atoms with E-state index in [-0.39, 0.29) is 5.66 Å². The molecular formula is C35H30N4. The normalized spacial score (nSPS) is 25.0. The first-order valence-electron chi connectivity index (χ1n) is 14.5. The molecule has 1 spiro atoms. The molecule has 3 unspecified atom stereocenters. The molecule has 1 saturated carbocycles. The molecule has 0 bridgehead atoms. The van der Waals surface area contributed by atoms with Gasteiger partial charge in [-0.05, 0) is 73.1 Å². The van der Waals surface area contributed by atoms with Gasteiger partial charge in [0, 0.05) is 17.4 Å². The molecule has 1 aromatic heterocycles. The Morgan fingerprint density at radius 2 is 1.49 bits per heavy atom. The highest BCUT2D eigenvalue weighted by Gasteiger charge is 2.58. The van der Waals surface area contributed by atoms with Crippen LogP contribution in [0.2, 0.25) is 0 Å². The Bertz CT molecular complexity index is 1820. The quantitative estimate of drug-likeness (QED) is 0.234. The number of nitrogens with one attached hydrogen (secondary N) is 1. The number of nitrogens with zero attached hydrogens (tertiary/aromatic N) is 3. The van der Waals surface area contributed by atoms with E-state index in [1.54, 1.807) is 5.57 Å². The molecule has 2 aliphatic carbocycles. The number of rotatable bonds is 1. The molecule has 4 aromatic carbocycles.